The van der Waals surface area contributed by atoms with Crippen LogP contribution in [-0.4, -0.2) is 37.4 Å². The molecule has 0 bridgehead atoms. The fourth-order valence-electron chi connectivity index (χ4n) is 2.00. The molecule has 0 amide bonds. The minimum Gasteiger partial charge on any atom is -0.371 e. The second kappa shape index (κ2) is 5.77. The van der Waals surface area contributed by atoms with Gasteiger partial charge in [-0.1, -0.05) is 12.1 Å². The fourth-order valence-corrected chi connectivity index (χ4v) is 2.00. The van der Waals surface area contributed by atoms with Gasteiger partial charge >= 0.3 is 0 Å². The lowest BCUT2D eigenvalue weighted by Gasteiger charge is -2.32. The lowest BCUT2D eigenvalue weighted by molar-refractivity contribution is -0.111. The Bertz CT molecular complexity index is 384. The summed E-state index contributed by atoms with van der Waals surface area (Å²) in [4.78, 5) is 12.6. The van der Waals surface area contributed by atoms with E-state index in [1.165, 1.54) is 0 Å². The summed E-state index contributed by atoms with van der Waals surface area (Å²) in [6, 6.07) is 7.81. The smallest absolute Gasteiger partial charge is 0.133 e. The third-order valence-corrected chi connectivity index (χ3v) is 2.91. The third-order valence-electron chi connectivity index (χ3n) is 2.91. The van der Waals surface area contributed by atoms with Gasteiger partial charge < -0.3 is 15.0 Å². The number of hydrogen-bond donors (Lipinski definition) is 2. The first-order valence-electron chi connectivity index (χ1n) is 5.67. The van der Waals surface area contributed by atoms with Crippen LogP contribution in [0.3, 0.4) is 0 Å². The number of nitrogens with zero attached hydrogens (tertiary/aromatic N) is 1. The Morgan fingerprint density at radius 2 is 2.47 bits per heavy atom. The summed E-state index contributed by atoms with van der Waals surface area (Å²) in [5.41, 5.74) is 4.56. The van der Waals surface area contributed by atoms with Crippen LogP contribution in [0.4, 0.5) is 5.69 Å². The van der Waals surface area contributed by atoms with Gasteiger partial charge in [-0.05, 0) is 17.7 Å². The van der Waals surface area contributed by atoms with Crippen LogP contribution < -0.4 is 11.3 Å². The first-order chi connectivity index (χ1) is 8.33. The zero-order valence-corrected chi connectivity index (χ0v) is 9.63. The molecule has 1 unspecified atom stereocenters. The standard InChI is InChI=1S/C12H17N3O2/c13-14-11-3-1-2-10(8-11)12-9-15(4-6-16)5-7-17-12/h1-3,6,8,12,14H,4-5,7,9,13H2. The first kappa shape index (κ1) is 12.0. The van der Waals surface area contributed by atoms with Gasteiger partial charge in [-0.15, -0.1) is 0 Å². The van der Waals surface area contributed by atoms with Crippen LogP contribution in [0.15, 0.2) is 24.3 Å². The molecule has 1 fully saturated rings. The molecule has 1 heterocycles. The normalized spacial score (nSPS) is 21.1. The molecule has 1 aliphatic rings. The number of carbonyl (C=O) groups is 1. The van der Waals surface area contributed by atoms with E-state index in [0.29, 0.717) is 13.2 Å². The van der Waals surface area contributed by atoms with Crippen molar-refractivity contribution in [3.05, 3.63) is 29.8 Å². The largest absolute Gasteiger partial charge is 0.371 e. The first-order valence-corrected chi connectivity index (χ1v) is 5.67. The molecule has 5 nitrogen and oxygen atoms in total. The highest BCUT2D eigenvalue weighted by Gasteiger charge is 2.21. The molecule has 1 saturated heterocycles. The summed E-state index contributed by atoms with van der Waals surface area (Å²) in [5.74, 6) is 5.38. The van der Waals surface area contributed by atoms with Crippen LogP contribution in [-0.2, 0) is 9.53 Å². The number of carbonyl (C=O) groups excluding carboxylic acids is 1. The number of hydrazine groups is 1. The van der Waals surface area contributed by atoms with Crippen molar-refractivity contribution < 1.29 is 9.53 Å². The second-order valence-corrected chi connectivity index (χ2v) is 4.06. The van der Waals surface area contributed by atoms with Gasteiger partial charge in [-0.2, -0.15) is 0 Å². The summed E-state index contributed by atoms with van der Waals surface area (Å²) in [6.07, 6.45) is 0.942. The molecule has 2 rings (SSSR count). The number of morpholine rings is 1. The lowest BCUT2D eigenvalue weighted by atomic mass is 10.1. The molecule has 0 saturated carbocycles. The highest BCUT2D eigenvalue weighted by atomic mass is 16.5. The lowest BCUT2D eigenvalue weighted by Crippen LogP contribution is -2.39. The number of ether oxygens (including phenoxy) is 1. The SMILES string of the molecule is NNc1cccc(C2CN(CC=O)CCO2)c1. The number of aldehydes is 1. The third kappa shape index (κ3) is 3.03. The summed E-state index contributed by atoms with van der Waals surface area (Å²) in [6.45, 7) is 2.67. The number of nitrogens with one attached hydrogen (secondary N) is 1. The zero-order chi connectivity index (χ0) is 12.1. The van der Waals surface area contributed by atoms with E-state index in [1.807, 2.05) is 24.3 Å². The van der Waals surface area contributed by atoms with Gasteiger partial charge in [0.25, 0.3) is 0 Å². The monoisotopic (exact) mass is 235 g/mol. The molecule has 5 heteroatoms. The Hall–Kier alpha value is -1.43. The van der Waals surface area contributed by atoms with E-state index in [9.17, 15) is 4.79 Å². The van der Waals surface area contributed by atoms with Crippen LogP contribution in [0.2, 0.25) is 0 Å². The molecular formula is C12H17N3O2. The topological polar surface area (TPSA) is 67.6 Å². The molecule has 17 heavy (non-hydrogen) atoms. The number of benzene rings is 1. The number of nitrogens with two attached hydrogens (primary N) is 1. The molecule has 1 atom stereocenters. The predicted octanol–water partition coefficient (Wildman–Crippen LogP) is 0.544. The van der Waals surface area contributed by atoms with Gasteiger partial charge in [-0.25, -0.2) is 0 Å². The number of anilines is 1. The Morgan fingerprint density at radius 1 is 1.59 bits per heavy atom. The van der Waals surface area contributed by atoms with Crippen molar-refractivity contribution in [2.45, 2.75) is 6.10 Å². The van der Waals surface area contributed by atoms with Crippen LogP contribution in [0, 0.1) is 0 Å². The van der Waals surface area contributed by atoms with E-state index in [4.69, 9.17) is 10.6 Å². The van der Waals surface area contributed by atoms with Gasteiger partial charge in [0.15, 0.2) is 0 Å². The van der Waals surface area contributed by atoms with Crippen LogP contribution in [0.1, 0.15) is 11.7 Å². The van der Waals surface area contributed by atoms with Gasteiger partial charge in [0, 0.05) is 18.8 Å². The zero-order valence-electron chi connectivity index (χ0n) is 9.63. The average molecular weight is 235 g/mol. The van der Waals surface area contributed by atoms with Crippen LogP contribution in [0.25, 0.3) is 0 Å². The minimum atomic E-state index is 0.0111. The molecule has 0 spiro atoms. The Morgan fingerprint density at radius 3 is 3.24 bits per heavy atom. The van der Waals surface area contributed by atoms with E-state index in [1.54, 1.807) is 0 Å². The summed E-state index contributed by atoms with van der Waals surface area (Å²) < 4.78 is 5.71. The fraction of sp³-hybridized carbons (Fsp3) is 0.417. The molecule has 1 aliphatic heterocycles. The average Bonchev–Trinajstić information content (AvgIpc) is 2.40. The summed E-state index contributed by atoms with van der Waals surface area (Å²) in [5, 5.41) is 0. The van der Waals surface area contributed by atoms with Crippen molar-refractivity contribution in [3.8, 4) is 0 Å². The molecule has 0 aromatic heterocycles. The number of hydrogen-bond acceptors (Lipinski definition) is 5. The highest BCUT2D eigenvalue weighted by molar-refractivity contribution is 5.52. The molecule has 0 aliphatic carbocycles. The highest BCUT2D eigenvalue weighted by Crippen LogP contribution is 2.23. The minimum absolute atomic E-state index is 0.0111. The van der Waals surface area contributed by atoms with Crippen LogP contribution >= 0.6 is 0 Å². The Labute approximate surface area is 101 Å². The van der Waals surface area contributed by atoms with Gasteiger partial charge in [0.2, 0.25) is 0 Å². The quantitative estimate of drug-likeness (QED) is 0.453. The van der Waals surface area contributed by atoms with Crippen molar-refractivity contribution >= 4 is 12.0 Å². The van der Waals surface area contributed by atoms with E-state index < -0.39 is 0 Å². The molecule has 92 valence electrons. The molecular weight excluding hydrogens is 218 g/mol. The van der Waals surface area contributed by atoms with Gasteiger partial charge in [-0.3, -0.25) is 10.7 Å². The van der Waals surface area contributed by atoms with Crippen molar-refractivity contribution in [3.63, 3.8) is 0 Å². The van der Waals surface area contributed by atoms with E-state index >= 15 is 0 Å². The second-order valence-electron chi connectivity index (χ2n) is 4.06. The van der Waals surface area contributed by atoms with E-state index in [-0.39, 0.29) is 6.10 Å². The van der Waals surface area contributed by atoms with E-state index in [2.05, 4.69) is 10.3 Å². The number of nitrogen functional groups attached to an aromatic ring is 1. The van der Waals surface area contributed by atoms with Crippen molar-refractivity contribution in [1.29, 1.82) is 0 Å². The van der Waals surface area contributed by atoms with Crippen molar-refractivity contribution in [2.24, 2.45) is 5.84 Å². The number of rotatable bonds is 4. The summed E-state index contributed by atoms with van der Waals surface area (Å²) in [7, 11) is 0. The van der Waals surface area contributed by atoms with Gasteiger partial charge in [0.05, 0.1) is 19.3 Å². The van der Waals surface area contributed by atoms with Gasteiger partial charge in [0.1, 0.15) is 6.29 Å². The Balaban J connectivity index is 2.07. The maximum Gasteiger partial charge on any atom is 0.133 e. The van der Waals surface area contributed by atoms with Crippen molar-refractivity contribution in [1.82, 2.24) is 4.90 Å². The van der Waals surface area contributed by atoms with Crippen molar-refractivity contribution in [2.75, 3.05) is 31.7 Å². The Kier molecular flexibility index (Phi) is 4.08. The molecule has 1 aromatic carbocycles. The maximum atomic E-state index is 10.5. The molecule has 3 N–H and O–H groups in total. The maximum absolute atomic E-state index is 10.5. The molecule has 0 radical (unpaired) electrons. The molecule has 1 aromatic rings. The predicted molar refractivity (Wildman–Crippen MR) is 65.4 cm³/mol. The summed E-state index contributed by atoms with van der Waals surface area (Å²) >= 11 is 0. The van der Waals surface area contributed by atoms with E-state index in [0.717, 1.165) is 30.6 Å². The van der Waals surface area contributed by atoms with Crippen LogP contribution in [0.5, 0.6) is 0 Å².